The molecule has 19 heavy (non-hydrogen) atoms. The first-order valence-electron chi connectivity index (χ1n) is 5.95. The van der Waals surface area contributed by atoms with E-state index in [-0.39, 0.29) is 36.6 Å². The first-order valence-corrected chi connectivity index (χ1v) is 6.77. The molecule has 0 saturated heterocycles. The molecule has 0 fully saturated rings. The molecular weight excluding hydrogens is 266 g/mol. The van der Waals surface area contributed by atoms with Gasteiger partial charge < -0.3 is 21.7 Å². The molecule has 0 aliphatic rings. The zero-order chi connectivity index (χ0) is 14.4. The fraction of sp³-hybridized carbons (Fsp3) is 0.545. The van der Waals surface area contributed by atoms with Gasteiger partial charge in [0.1, 0.15) is 10.7 Å². The molecule has 106 valence electrons. The van der Waals surface area contributed by atoms with E-state index in [9.17, 15) is 9.59 Å². The zero-order valence-electron chi connectivity index (χ0n) is 11.2. The van der Waals surface area contributed by atoms with Crippen LogP contribution in [0.15, 0.2) is 0 Å². The van der Waals surface area contributed by atoms with Gasteiger partial charge in [-0.3, -0.25) is 9.59 Å². The number of anilines is 2. The smallest absolute Gasteiger partial charge is 0.265 e. The Morgan fingerprint density at radius 2 is 2.11 bits per heavy atom. The van der Waals surface area contributed by atoms with Crippen molar-refractivity contribution in [3.63, 3.8) is 0 Å². The highest BCUT2D eigenvalue weighted by Gasteiger charge is 2.16. The van der Waals surface area contributed by atoms with E-state index in [0.29, 0.717) is 10.0 Å². The topological polar surface area (TPSA) is 109 Å². The third kappa shape index (κ3) is 4.74. The minimum atomic E-state index is -0.310. The van der Waals surface area contributed by atoms with Crippen molar-refractivity contribution < 1.29 is 9.59 Å². The molecule has 1 heterocycles. The van der Waals surface area contributed by atoms with Gasteiger partial charge >= 0.3 is 0 Å². The summed E-state index contributed by atoms with van der Waals surface area (Å²) in [6.45, 7) is 4.21. The van der Waals surface area contributed by atoms with Crippen molar-refractivity contribution in [3.05, 3.63) is 4.88 Å². The summed E-state index contributed by atoms with van der Waals surface area (Å²) < 4.78 is 0. The Hall–Kier alpha value is -1.83. The largest absolute Gasteiger partial charge is 0.382 e. The lowest BCUT2D eigenvalue weighted by atomic mass is 10.4. The zero-order valence-corrected chi connectivity index (χ0v) is 12.1. The molecular formula is C11H19N5O2S. The number of thiazole rings is 1. The maximum absolute atomic E-state index is 11.9. The van der Waals surface area contributed by atoms with Crippen LogP contribution in [0.1, 0.15) is 29.9 Å². The van der Waals surface area contributed by atoms with Crippen LogP contribution >= 0.6 is 11.3 Å². The second kappa shape index (κ2) is 6.93. The van der Waals surface area contributed by atoms with Crippen LogP contribution in [0.25, 0.3) is 0 Å². The predicted octanol–water partition coefficient (Wildman–Crippen LogP) is 0.411. The lowest BCUT2D eigenvalue weighted by Crippen LogP contribution is -2.29. The molecule has 1 rings (SSSR count). The van der Waals surface area contributed by atoms with E-state index in [0.717, 1.165) is 0 Å². The highest BCUT2D eigenvalue weighted by molar-refractivity contribution is 7.18. The van der Waals surface area contributed by atoms with Gasteiger partial charge in [-0.25, -0.2) is 4.98 Å². The van der Waals surface area contributed by atoms with E-state index in [4.69, 9.17) is 5.73 Å². The van der Waals surface area contributed by atoms with Gasteiger partial charge in [-0.1, -0.05) is 11.3 Å². The molecule has 0 radical (unpaired) electrons. The number of amides is 2. The third-order valence-electron chi connectivity index (χ3n) is 2.19. The van der Waals surface area contributed by atoms with E-state index in [1.54, 1.807) is 7.05 Å². The van der Waals surface area contributed by atoms with Gasteiger partial charge in [-0.05, 0) is 13.8 Å². The molecule has 0 atom stereocenters. The number of aromatic nitrogens is 1. The monoisotopic (exact) mass is 285 g/mol. The van der Waals surface area contributed by atoms with Crippen LogP contribution in [-0.2, 0) is 4.79 Å². The second-order valence-electron chi connectivity index (χ2n) is 4.21. The minimum absolute atomic E-state index is 0.125. The summed E-state index contributed by atoms with van der Waals surface area (Å²) in [7, 11) is 1.55. The van der Waals surface area contributed by atoms with Crippen molar-refractivity contribution in [2.75, 3.05) is 24.6 Å². The molecule has 0 saturated carbocycles. The Morgan fingerprint density at radius 1 is 1.42 bits per heavy atom. The van der Waals surface area contributed by atoms with Crippen molar-refractivity contribution in [1.29, 1.82) is 0 Å². The standard InChI is InChI=1S/C11H19N5O2S/c1-6(2)15-11-16-9(12)8(19-11)10(18)14-5-4-7(17)13-3/h6H,4-5,12H2,1-3H3,(H,13,17)(H,14,18)(H,15,16). The van der Waals surface area contributed by atoms with Crippen LogP contribution in [0.4, 0.5) is 10.9 Å². The summed E-state index contributed by atoms with van der Waals surface area (Å²) in [5, 5.41) is 8.82. The number of nitrogens with one attached hydrogen (secondary N) is 3. The minimum Gasteiger partial charge on any atom is -0.382 e. The fourth-order valence-corrected chi connectivity index (χ4v) is 2.25. The first kappa shape index (κ1) is 15.2. The number of nitrogen functional groups attached to an aromatic ring is 1. The van der Waals surface area contributed by atoms with Gasteiger partial charge in [0.25, 0.3) is 5.91 Å². The Kier molecular flexibility index (Phi) is 5.56. The van der Waals surface area contributed by atoms with Crippen LogP contribution in [-0.4, -0.2) is 36.4 Å². The third-order valence-corrected chi connectivity index (χ3v) is 3.19. The molecule has 0 unspecified atom stereocenters. The lowest BCUT2D eigenvalue weighted by molar-refractivity contribution is -0.120. The summed E-state index contributed by atoms with van der Waals surface area (Å²) in [6.07, 6.45) is 0.234. The molecule has 0 aromatic carbocycles. The van der Waals surface area contributed by atoms with Gasteiger partial charge in [-0.15, -0.1) is 0 Å². The van der Waals surface area contributed by atoms with Gasteiger partial charge in [-0.2, -0.15) is 0 Å². The number of hydrogen-bond donors (Lipinski definition) is 4. The number of carbonyl (C=O) groups excluding carboxylic acids is 2. The van der Waals surface area contributed by atoms with Crippen molar-refractivity contribution in [1.82, 2.24) is 15.6 Å². The molecule has 0 aliphatic carbocycles. The predicted molar refractivity (Wildman–Crippen MR) is 76.3 cm³/mol. The molecule has 0 aliphatic heterocycles. The number of carbonyl (C=O) groups is 2. The second-order valence-corrected chi connectivity index (χ2v) is 5.21. The molecule has 5 N–H and O–H groups in total. The molecule has 0 spiro atoms. The van der Waals surface area contributed by atoms with E-state index in [1.165, 1.54) is 11.3 Å². The molecule has 2 amide bonds. The summed E-state index contributed by atoms with van der Waals surface area (Å²) in [6, 6.07) is 0.217. The average Bonchev–Trinajstić information content (AvgIpc) is 2.68. The Bertz CT molecular complexity index is 458. The molecule has 1 aromatic heterocycles. The van der Waals surface area contributed by atoms with Crippen LogP contribution in [0.2, 0.25) is 0 Å². The lowest BCUT2D eigenvalue weighted by Gasteiger charge is -2.04. The Balaban J connectivity index is 2.57. The summed E-state index contributed by atoms with van der Waals surface area (Å²) >= 11 is 1.20. The Labute approximate surface area is 116 Å². The van der Waals surface area contributed by atoms with Crippen LogP contribution < -0.4 is 21.7 Å². The van der Waals surface area contributed by atoms with E-state index in [2.05, 4.69) is 20.9 Å². The van der Waals surface area contributed by atoms with Crippen LogP contribution in [0.5, 0.6) is 0 Å². The number of nitrogens with zero attached hydrogens (tertiary/aromatic N) is 1. The van der Waals surface area contributed by atoms with Crippen LogP contribution in [0, 0.1) is 0 Å². The highest BCUT2D eigenvalue weighted by Crippen LogP contribution is 2.25. The van der Waals surface area contributed by atoms with Gasteiger partial charge in [0, 0.05) is 26.1 Å². The fourth-order valence-electron chi connectivity index (χ4n) is 1.30. The maximum Gasteiger partial charge on any atom is 0.265 e. The van der Waals surface area contributed by atoms with Crippen molar-refractivity contribution in [2.45, 2.75) is 26.3 Å². The molecule has 7 nitrogen and oxygen atoms in total. The van der Waals surface area contributed by atoms with E-state index in [1.807, 2.05) is 13.8 Å². The average molecular weight is 285 g/mol. The van der Waals surface area contributed by atoms with Gasteiger partial charge in [0.15, 0.2) is 5.13 Å². The molecule has 8 heteroatoms. The van der Waals surface area contributed by atoms with Crippen molar-refractivity contribution in [2.24, 2.45) is 0 Å². The number of rotatable bonds is 6. The maximum atomic E-state index is 11.9. The Morgan fingerprint density at radius 3 is 2.68 bits per heavy atom. The van der Waals surface area contributed by atoms with Crippen molar-refractivity contribution in [3.8, 4) is 0 Å². The van der Waals surface area contributed by atoms with Gasteiger partial charge in [0.2, 0.25) is 5.91 Å². The quantitative estimate of drug-likeness (QED) is 0.605. The number of nitrogens with two attached hydrogens (primary N) is 1. The van der Waals surface area contributed by atoms with Crippen molar-refractivity contribution >= 4 is 34.1 Å². The number of hydrogen-bond acceptors (Lipinski definition) is 6. The summed E-state index contributed by atoms with van der Waals surface area (Å²) in [4.78, 5) is 27.3. The van der Waals surface area contributed by atoms with Crippen LogP contribution in [0.3, 0.4) is 0 Å². The first-order chi connectivity index (χ1) is 8.93. The van der Waals surface area contributed by atoms with Gasteiger partial charge in [0.05, 0.1) is 0 Å². The summed E-state index contributed by atoms with van der Waals surface area (Å²) in [5.41, 5.74) is 5.69. The SMILES string of the molecule is CNC(=O)CCNC(=O)c1sc(NC(C)C)nc1N. The normalized spacial score (nSPS) is 10.3. The van der Waals surface area contributed by atoms with E-state index < -0.39 is 0 Å². The highest BCUT2D eigenvalue weighted by atomic mass is 32.1. The summed E-state index contributed by atoms with van der Waals surface area (Å²) in [5.74, 6) is -0.235. The molecule has 1 aromatic rings. The molecule has 0 bridgehead atoms. The van der Waals surface area contributed by atoms with E-state index >= 15 is 0 Å².